The molecule has 12 aromatic rings. The Bertz CT molecular complexity index is 3610. The van der Waals surface area contributed by atoms with E-state index in [4.69, 9.17) is 0 Å². The number of para-hydroxylation sites is 2. The van der Waals surface area contributed by atoms with Crippen molar-refractivity contribution < 1.29 is 0 Å². The molecule has 290 valence electrons. The Morgan fingerprint density at radius 2 is 0.790 bits per heavy atom. The monoisotopic (exact) mass is 788 g/mol. The molecule has 2 nitrogen and oxygen atoms in total. The van der Waals surface area contributed by atoms with Crippen LogP contribution in [0.3, 0.4) is 0 Å². The molecular weight excluding hydrogens is 749 g/mol. The first-order valence-corrected chi connectivity index (χ1v) is 21.3. The van der Waals surface area contributed by atoms with Crippen molar-refractivity contribution in [3.8, 4) is 39.1 Å². The molecule has 1 aromatic heterocycles. The molecule has 0 amide bonds. The number of hydrogen-bond acceptors (Lipinski definition) is 1. The molecule has 0 atom stereocenters. The SMILES string of the molecule is c1ccc(-c2c(-c3ccccc3)c3cc(-c4ccc(N(c5ccccc5)c5ccc6c(c5)c5ccccc5n6-c5ccc6ccccc6c5)cc4)ccc3c3ccccc23)cc1. The van der Waals surface area contributed by atoms with Crippen LogP contribution in [0.2, 0.25) is 0 Å². The molecule has 0 aliphatic carbocycles. The fourth-order valence-corrected chi connectivity index (χ4v) is 9.70. The minimum atomic E-state index is 1.10. The van der Waals surface area contributed by atoms with Crippen LogP contribution in [0, 0.1) is 0 Å². The van der Waals surface area contributed by atoms with Gasteiger partial charge in [0, 0.05) is 33.5 Å². The largest absolute Gasteiger partial charge is 0.310 e. The minimum absolute atomic E-state index is 1.10. The number of aromatic nitrogens is 1. The van der Waals surface area contributed by atoms with E-state index in [0.717, 1.165) is 22.7 Å². The molecule has 0 bridgehead atoms. The topological polar surface area (TPSA) is 8.17 Å². The number of rotatable bonds is 7. The molecule has 0 fully saturated rings. The molecule has 0 saturated heterocycles. The molecule has 0 radical (unpaired) electrons. The quantitative estimate of drug-likeness (QED) is 0.146. The van der Waals surface area contributed by atoms with Crippen LogP contribution in [0.5, 0.6) is 0 Å². The first-order chi connectivity index (χ1) is 30.8. The standard InChI is InChI=1S/C60H40N2/c1-4-17-43(18-5-1)59-54-26-13-12-24-51(54)52-36-31-46(39-56(52)60(59)44-19-6-2-7-20-44)42-28-32-48(33-29-42)61(47-22-8-3-9-23-47)50-35-37-58-55(40-50)53-25-14-15-27-57(53)62(58)49-34-30-41-16-10-11-21-45(41)38-49/h1-40H. The Morgan fingerprint density at radius 1 is 0.258 bits per heavy atom. The zero-order chi connectivity index (χ0) is 41.0. The van der Waals surface area contributed by atoms with Crippen molar-refractivity contribution in [3.05, 3.63) is 243 Å². The lowest BCUT2D eigenvalue weighted by molar-refractivity contribution is 1.18. The second-order valence-electron chi connectivity index (χ2n) is 16.1. The van der Waals surface area contributed by atoms with E-state index in [0.29, 0.717) is 0 Å². The highest BCUT2D eigenvalue weighted by molar-refractivity contribution is 6.22. The molecule has 0 N–H and O–H groups in total. The second-order valence-corrected chi connectivity index (χ2v) is 16.1. The maximum absolute atomic E-state index is 2.40. The van der Waals surface area contributed by atoms with Crippen LogP contribution in [-0.4, -0.2) is 4.57 Å². The van der Waals surface area contributed by atoms with Gasteiger partial charge in [-0.15, -0.1) is 0 Å². The van der Waals surface area contributed by atoms with Crippen LogP contribution >= 0.6 is 0 Å². The molecule has 0 saturated carbocycles. The number of hydrogen-bond donors (Lipinski definition) is 0. The highest BCUT2D eigenvalue weighted by Gasteiger charge is 2.20. The Morgan fingerprint density at radius 3 is 1.53 bits per heavy atom. The summed E-state index contributed by atoms with van der Waals surface area (Å²) >= 11 is 0. The fourth-order valence-electron chi connectivity index (χ4n) is 9.70. The summed E-state index contributed by atoms with van der Waals surface area (Å²) in [6.07, 6.45) is 0. The molecule has 0 unspecified atom stereocenters. The lowest BCUT2D eigenvalue weighted by Gasteiger charge is -2.26. The van der Waals surface area contributed by atoms with Gasteiger partial charge >= 0.3 is 0 Å². The van der Waals surface area contributed by atoms with Crippen molar-refractivity contribution in [3.63, 3.8) is 0 Å². The highest BCUT2D eigenvalue weighted by atomic mass is 15.1. The molecule has 11 aromatic carbocycles. The van der Waals surface area contributed by atoms with Crippen molar-refractivity contribution in [2.75, 3.05) is 4.90 Å². The first-order valence-electron chi connectivity index (χ1n) is 21.3. The van der Waals surface area contributed by atoms with E-state index in [1.807, 2.05) is 0 Å². The number of anilines is 3. The summed E-state index contributed by atoms with van der Waals surface area (Å²) in [5, 5.41) is 9.96. The molecule has 12 rings (SSSR count). The third kappa shape index (κ3) is 5.96. The van der Waals surface area contributed by atoms with Crippen molar-refractivity contribution in [1.29, 1.82) is 0 Å². The molecule has 62 heavy (non-hydrogen) atoms. The Hall–Kier alpha value is -8.20. The van der Waals surface area contributed by atoms with Gasteiger partial charge in [0.1, 0.15) is 0 Å². The van der Waals surface area contributed by atoms with Crippen molar-refractivity contribution in [2.24, 2.45) is 0 Å². The van der Waals surface area contributed by atoms with Crippen molar-refractivity contribution in [1.82, 2.24) is 4.57 Å². The molecular formula is C60H40N2. The summed E-state index contributed by atoms with van der Waals surface area (Å²) in [7, 11) is 0. The smallest absolute Gasteiger partial charge is 0.0542 e. The number of nitrogens with zero attached hydrogens (tertiary/aromatic N) is 2. The summed E-state index contributed by atoms with van der Waals surface area (Å²) in [6, 6.07) is 88.4. The Kier molecular flexibility index (Phi) is 8.53. The van der Waals surface area contributed by atoms with Gasteiger partial charge in [-0.25, -0.2) is 0 Å². The zero-order valence-electron chi connectivity index (χ0n) is 34.0. The van der Waals surface area contributed by atoms with Crippen LogP contribution in [-0.2, 0) is 0 Å². The Balaban J connectivity index is 0.995. The van der Waals surface area contributed by atoms with Gasteiger partial charge in [-0.3, -0.25) is 0 Å². The highest BCUT2D eigenvalue weighted by Crippen LogP contribution is 2.46. The van der Waals surface area contributed by atoms with Crippen LogP contribution < -0.4 is 4.90 Å². The summed E-state index contributed by atoms with van der Waals surface area (Å²) in [5.74, 6) is 0. The zero-order valence-corrected chi connectivity index (χ0v) is 34.0. The minimum Gasteiger partial charge on any atom is -0.310 e. The fraction of sp³-hybridized carbons (Fsp3) is 0. The van der Waals surface area contributed by atoms with Crippen molar-refractivity contribution >= 4 is 71.2 Å². The average molecular weight is 789 g/mol. The van der Waals surface area contributed by atoms with Gasteiger partial charge in [0.2, 0.25) is 0 Å². The van der Waals surface area contributed by atoms with E-state index in [2.05, 4.69) is 252 Å². The van der Waals surface area contributed by atoms with E-state index in [1.165, 1.54) is 87.5 Å². The Labute approximate surface area is 360 Å². The average Bonchev–Trinajstić information content (AvgIpc) is 3.68. The molecule has 0 aliphatic heterocycles. The predicted molar refractivity (Wildman–Crippen MR) is 264 cm³/mol. The number of fused-ring (bicyclic) bond motifs is 7. The van der Waals surface area contributed by atoms with E-state index < -0.39 is 0 Å². The molecule has 0 spiro atoms. The van der Waals surface area contributed by atoms with E-state index in [9.17, 15) is 0 Å². The van der Waals surface area contributed by atoms with Crippen LogP contribution in [0.4, 0.5) is 17.1 Å². The summed E-state index contributed by atoms with van der Waals surface area (Å²) in [5.41, 5.74) is 14.2. The number of benzene rings is 11. The maximum atomic E-state index is 2.40. The third-order valence-corrected chi connectivity index (χ3v) is 12.5. The molecule has 1 heterocycles. The van der Waals surface area contributed by atoms with Gasteiger partial charge in [-0.1, -0.05) is 176 Å². The summed E-state index contributed by atoms with van der Waals surface area (Å²) in [6.45, 7) is 0. The van der Waals surface area contributed by atoms with Crippen molar-refractivity contribution in [2.45, 2.75) is 0 Å². The van der Waals surface area contributed by atoms with E-state index >= 15 is 0 Å². The van der Waals surface area contributed by atoms with Crippen LogP contribution in [0.15, 0.2) is 243 Å². The lowest BCUT2D eigenvalue weighted by Crippen LogP contribution is -2.09. The van der Waals surface area contributed by atoms with Crippen LogP contribution in [0.1, 0.15) is 0 Å². The van der Waals surface area contributed by atoms with Crippen LogP contribution in [0.25, 0.3) is 93.2 Å². The third-order valence-electron chi connectivity index (χ3n) is 12.5. The lowest BCUT2D eigenvalue weighted by atomic mass is 9.84. The normalized spacial score (nSPS) is 11.5. The predicted octanol–water partition coefficient (Wildman–Crippen LogP) is 16.7. The molecule has 0 aliphatic rings. The van der Waals surface area contributed by atoms with E-state index in [-0.39, 0.29) is 0 Å². The van der Waals surface area contributed by atoms with Gasteiger partial charge in [0.25, 0.3) is 0 Å². The summed E-state index contributed by atoms with van der Waals surface area (Å²) < 4.78 is 2.40. The van der Waals surface area contributed by atoms with Gasteiger partial charge in [-0.05, 0) is 132 Å². The van der Waals surface area contributed by atoms with E-state index in [1.54, 1.807) is 0 Å². The first kappa shape index (κ1) is 35.7. The van der Waals surface area contributed by atoms with Gasteiger partial charge in [0.15, 0.2) is 0 Å². The summed E-state index contributed by atoms with van der Waals surface area (Å²) in [4.78, 5) is 2.37. The van der Waals surface area contributed by atoms with Gasteiger partial charge in [0.05, 0.1) is 11.0 Å². The van der Waals surface area contributed by atoms with Gasteiger partial charge < -0.3 is 9.47 Å². The maximum Gasteiger partial charge on any atom is 0.0542 e. The second kappa shape index (κ2) is 14.8. The van der Waals surface area contributed by atoms with Gasteiger partial charge in [-0.2, -0.15) is 0 Å². The molecule has 2 heteroatoms.